The number of allylic oxidation sites excluding steroid dienone is 1. The fourth-order valence-corrected chi connectivity index (χ4v) is 3.32. The molecule has 0 bridgehead atoms. The van der Waals surface area contributed by atoms with Gasteiger partial charge in [0.1, 0.15) is 11.6 Å². The summed E-state index contributed by atoms with van der Waals surface area (Å²) in [6.07, 6.45) is 2.11. The van der Waals surface area contributed by atoms with Crippen LogP contribution >= 0.6 is 11.6 Å². The van der Waals surface area contributed by atoms with Gasteiger partial charge in [-0.3, -0.25) is 4.79 Å². The summed E-state index contributed by atoms with van der Waals surface area (Å²) in [5.41, 5.74) is 1.96. The second-order valence-electron chi connectivity index (χ2n) is 7.18. The molecule has 0 aliphatic carbocycles. The molecule has 1 aliphatic rings. The van der Waals surface area contributed by atoms with Crippen molar-refractivity contribution in [2.75, 3.05) is 36.4 Å². The van der Waals surface area contributed by atoms with E-state index in [1.807, 2.05) is 23.1 Å². The Morgan fingerprint density at radius 3 is 2.76 bits per heavy atom. The zero-order valence-electron chi connectivity index (χ0n) is 16.4. The van der Waals surface area contributed by atoms with Gasteiger partial charge in [0, 0.05) is 43.8 Å². The number of tetrazole rings is 1. The highest BCUT2D eigenvalue weighted by atomic mass is 35.5. The molecule has 1 aliphatic heterocycles. The van der Waals surface area contributed by atoms with Crippen molar-refractivity contribution in [1.29, 1.82) is 5.26 Å². The van der Waals surface area contributed by atoms with Crippen molar-refractivity contribution in [1.82, 2.24) is 25.5 Å². The first-order valence-corrected chi connectivity index (χ1v) is 9.78. The molecule has 9 nitrogen and oxygen atoms in total. The molecule has 2 aromatic rings. The highest BCUT2D eigenvalue weighted by Crippen LogP contribution is 2.30. The van der Waals surface area contributed by atoms with Crippen molar-refractivity contribution < 1.29 is 4.79 Å². The largest absolute Gasteiger partial charge is 0.366 e. The van der Waals surface area contributed by atoms with Crippen LogP contribution in [0.25, 0.3) is 5.57 Å². The van der Waals surface area contributed by atoms with Crippen LogP contribution in [-0.4, -0.2) is 57.6 Å². The molecule has 3 rings (SSSR count). The van der Waals surface area contributed by atoms with Gasteiger partial charge in [-0.1, -0.05) is 25.4 Å². The third-order valence-electron chi connectivity index (χ3n) is 4.59. The number of carbonyl (C=O) groups is 1. The van der Waals surface area contributed by atoms with Crippen LogP contribution in [0.1, 0.15) is 26.1 Å². The average molecular weight is 415 g/mol. The number of anilines is 2. The molecule has 2 heterocycles. The maximum atomic E-state index is 12.3. The number of halogens is 1. The molecule has 152 valence electrons. The number of carbonyl (C=O) groups excluding carboxylic acids is 1. The van der Waals surface area contributed by atoms with Crippen molar-refractivity contribution in [3.63, 3.8) is 0 Å². The lowest BCUT2D eigenvalue weighted by molar-refractivity contribution is -0.132. The summed E-state index contributed by atoms with van der Waals surface area (Å²) in [6.45, 7) is 6.90. The van der Waals surface area contributed by atoms with Crippen molar-refractivity contribution in [3.8, 4) is 6.07 Å². The van der Waals surface area contributed by atoms with Crippen LogP contribution in [0.15, 0.2) is 24.4 Å². The maximum Gasteiger partial charge on any atom is 0.222 e. The third-order valence-corrected chi connectivity index (χ3v) is 4.83. The number of hydrogen-bond acceptors (Lipinski definition) is 7. The second kappa shape index (κ2) is 9.39. The van der Waals surface area contributed by atoms with Crippen LogP contribution in [-0.2, 0) is 4.79 Å². The second-order valence-corrected chi connectivity index (χ2v) is 7.61. The lowest BCUT2D eigenvalue weighted by Crippen LogP contribution is -2.49. The van der Waals surface area contributed by atoms with E-state index in [-0.39, 0.29) is 17.3 Å². The number of nitriles is 1. The number of piperazine rings is 1. The Bertz CT molecular complexity index is 911. The first-order chi connectivity index (χ1) is 14.0. The van der Waals surface area contributed by atoms with E-state index in [0.29, 0.717) is 30.5 Å². The zero-order chi connectivity index (χ0) is 20.8. The monoisotopic (exact) mass is 414 g/mol. The molecule has 0 atom stereocenters. The number of hydrogen-bond donors (Lipinski definition) is 2. The van der Waals surface area contributed by atoms with Crippen LogP contribution in [0.2, 0.25) is 5.02 Å². The normalized spacial score (nSPS) is 14.8. The van der Waals surface area contributed by atoms with Gasteiger partial charge in [0.15, 0.2) is 0 Å². The fraction of sp³-hybridized carbons (Fsp3) is 0.421. The minimum Gasteiger partial charge on any atom is -0.366 e. The molecule has 1 aromatic carbocycles. The number of amides is 1. The van der Waals surface area contributed by atoms with E-state index in [9.17, 15) is 10.1 Å². The van der Waals surface area contributed by atoms with Gasteiger partial charge in [-0.05, 0) is 29.3 Å². The summed E-state index contributed by atoms with van der Waals surface area (Å²) in [5.74, 6) is 0.768. The number of nitrogens with one attached hydrogen (secondary N) is 2. The zero-order valence-corrected chi connectivity index (χ0v) is 17.1. The number of H-pyrrole nitrogens is 1. The van der Waals surface area contributed by atoms with Crippen molar-refractivity contribution in [2.24, 2.45) is 5.92 Å². The smallest absolute Gasteiger partial charge is 0.222 e. The maximum absolute atomic E-state index is 12.3. The first kappa shape index (κ1) is 20.6. The summed E-state index contributed by atoms with van der Waals surface area (Å²) < 4.78 is 0. The van der Waals surface area contributed by atoms with E-state index >= 15 is 0 Å². The molecule has 1 amide bonds. The molecular weight excluding hydrogens is 392 g/mol. The van der Waals surface area contributed by atoms with Gasteiger partial charge in [-0.15, -0.1) is 10.2 Å². The molecule has 0 spiro atoms. The van der Waals surface area contributed by atoms with Crippen LogP contribution in [0.5, 0.6) is 0 Å². The molecule has 1 aromatic heterocycles. The molecule has 10 heteroatoms. The summed E-state index contributed by atoms with van der Waals surface area (Å²) >= 11 is 6.18. The van der Waals surface area contributed by atoms with Gasteiger partial charge in [-0.2, -0.15) is 10.5 Å². The predicted octanol–water partition coefficient (Wildman–Crippen LogP) is 2.52. The highest BCUT2D eigenvalue weighted by molar-refractivity contribution is 6.31. The molecular formula is C19H23ClN8O. The SMILES string of the molecule is CC(C)CC(=O)N1CCN(c2ccc(Cl)cc2NC=C(C#N)c2nn[nH]n2)CC1. The quantitative estimate of drug-likeness (QED) is 0.698. The summed E-state index contributed by atoms with van der Waals surface area (Å²) in [5, 5.41) is 26.5. The van der Waals surface area contributed by atoms with Gasteiger partial charge < -0.3 is 15.1 Å². The van der Waals surface area contributed by atoms with Crippen molar-refractivity contribution >= 4 is 34.5 Å². The van der Waals surface area contributed by atoms with Crippen LogP contribution in [0, 0.1) is 17.2 Å². The highest BCUT2D eigenvalue weighted by Gasteiger charge is 2.23. The predicted molar refractivity (Wildman–Crippen MR) is 111 cm³/mol. The Kier molecular flexibility index (Phi) is 6.67. The Balaban J connectivity index is 1.73. The van der Waals surface area contributed by atoms with Gasteiger partial charge in [0.25, 0.3) is 0 Å². The summed E-state index contributed by atoms with van der Waals surface area (Å²) in [4.78, 5) is 16.4. The minimum absolute atomic E-state index is 0.204. The molecule has 0 radical (unpaired) electrons. The lowest BCUT2D eigenvalue weighted by Gasteiger charge is -2.37. The number of aromatic nitrogens is 4. The Morgan fingerprint density at radius 1 is 1.38 bits per heavy atom. The van der Waals surface area contributed by atoms with Gasteiger partial charge in [0.2, 0.25) is 11.7 Å². The van der Waals surface area contributed by atoms with Crippen LogP contribution < -0.4 is 10.2 Å². The molecule has 2 N–H and O–H groups in total. The van der Waals surface area contributed by atoms with E-state index in [1.165, 1.54) is 6.20 Å². The molecule has 1 fully saturated rings. The topological polar surface area (TPSA) is 114 Å². The van der Waals surface area contributed by atoms with Gasteiger partial charge in [-0.25, -0.2) is 0 Å². The van der Waals surface area contributed by atoms with Crippen molar-refractivity contribution in [3.05, 3.63) is 35.2 Å². The van der Waals surface area contributed by atoms with E-state index < -0.39 is 0 Å². The average Bonchev–Trinajstić information content (AvgIpc) is 3.23. The van der Waals surface area contributed by atoms with Crippen molar-refractivity contribution in [2.45, 2.75) is 20.3 Å². The minimum atomic E-state index is 0.204. The van der Waals surface area contributed by atoms with Crippen LogP contribution in [0.3, 0.4) is 0 Å². The molecule has 1 saturated heterocycles. The molecule has 29 heavy (non-hydrogen) atoms. The Labute approximate surface area is 174 Å². The number of nitrogens with zero attached hydrogens (tertiary/aromatic N) is 6. The fourth-order valence-electron chi connectivity index (χ4n) is 3.15. The summed E-state index contributed by atoms with van der Waals surface area (Å²) in [6, 6.07) is 7.61. The van der Waals surface area contributed by atoms with E-state index in [2.05, 4.69) is 44.7 Å². The van der Waals surface area contributed by atoms with Crippen LogP contribution in [0.4, 0.5) is 11.4 Å². The van der Waals surface area contributed by atoms with Gasteiger partial charge in [0.05, 0.1) is 11.4 Å². The third kappa shape index (κ3) is 5.23. The standard InChI is InChI=1S/C19H23ClN8O/c1-13(2)9-18(29)28-7-5-27(6-8-28)17-4-3-15(20)10-16(17)22-12-14(11-21)19-23-25-26-24-19/h3-4,10,12-13,22H,5-9H2,1-2H3,(H,23,24,25,26). The number of aromatic amines is 1. The van der Waals surface area contributed by atoms with Gasteiger partial charge >= 0.3 is 0 Å². The Hall–Kier alpha value is -3.12. The number of rotatable bonds is 6. The van der Waals surface area contributed by atoms with E-state index in [1.54, 1.807) is 6.07 Å². The lowest BCUT2D eigenvalue weighted by atomic mass is 10.1. The van der Waals surface area contributed by atoms with E-state index in [4.69, 9.17) is 11.6 Å². The first-order valence-electron chi connectivity index (χ1n) is 9.41. The molecule has 0 unspecified atom stereocenters. The Morgan fingerprint density at radius 2 is 2.14 bits per heavy atom. The molecule has 0 saturated carbocycles. The summed E-state index contributed by atoms with van der Waals surface area (Å²) in [7, 11) is 0. The number of benzene rings is 1. The van der Waals surface area contributed by atoms with E-state index in [0.717, 1.165) is 24.5 Å².